The molecule has 8 heteroatoms. The van der Waals surface area contributed by atoms with Crippen LogP contribution in [-0.4, -0.2) is 63.2 Å². The lowest BCUT2D eigenvalue weighted by Crippen LogP contribution is -2.51. The Morgan fingerprint density at radius 1 is 1.21 bits per heavy atom. The molecule has 156 valence electrons. The summed E-state index contributed by atoms with van der Waals surface area (Å²) in [6.07, 6.45) is 6.40. The molecule has 1 saturated carbocycles. The van der Waals surface area contributed by atoms with Crippen LogP contribution in [0.3, 0.4) is 0 Å². The maximum Gasteiger partial charge on any atom is 0.284 e. The molecule has 2 fully saturated rings. The number of nitrogens with one attached hydrogen (secondary N) is 2. The van der Waals surface area contributed by atoms with E-state index in [1.54, 1.807) is 19.2 Å². The van der Waals surface area contributed by atoms with Crippen LogP contribution in [0, 0.1) is 5.41 Å². The van der Waals surface area contributed by atoms with Crippen LogP contribution in [0.5, 0.6) is 0 Å². The molecular weight excluding hydrogens is 358 g/mol. The zero-order valence-electron chi connectivity index (χ0n) is 16.8. The molecule has 3 rings (SSSR count). The molecule has 28 heavy (non-hydrogen) atoms. The van der Waals surface area contributed by atoms with Crippen molar-refractivity contribution in [2.24, 2.45) is 16.1 Å². The highest BCUT2D eigenvalue weighted by Gasteiger charge is 2.34. The van der Waals surface area contributed by atoms with E-state index in [9.17, 15) is 4.79 Å². The van der Waals surface area contributed by atoms with E-state index in [1.807, 2.05) is 0 Å². The Hall–Kier alpha value is -2.06. The number of carbonyl (C=O) groups excluding carboxylic acids is 1. The molecule has 1 aliphatic carbocycles. The van der Waals surface area contributed by atoms with Gasteiger partial charge in [-0.05, 0) is 25.0 Å². The minimum Gasteiger partial charge on any atom is -0.454 e. The van der Waals surface area contributed by atoms with E-state index in [0.717, 1.165) is 45.4 Å². The molecule has 1 aromatic heterocycles. The molecule has 1 amide bonds. The number of aliphatic imine (C=N–C) groups is 1. The number of nitrogens with zero attached hydrogens (tertiary/aromatic N) is 2. The summed E-state index contributed by atoms with van der Waals surface area (Å²) >= 11 is 0. The van der Waals surface area contributed by atoms with Crippen molar-refractivity contribution in [3.63, 3.8) is 0 Å². The smallest absolute Gasteiger partial charge is 0.284 e. The lowest BCUT2D eigenvalue weighted by Gasteiger charge is -2.42. The summed E-state index contributed by atoms with van der Waals surface area (Å²) in [5.74, 6) is 1.00. The fourth-order valence-corrected chi connectivity index (χ4v) is 4.19. The van der Waals surface area contributed by atoms with E-state index in [4.69, 9.17) is 14.9 Å². The van der Waals surface area contributed by atoms with Crippen molar-refractivity contribution in [1.29, 1.82) is 0 Å². The lowest BCUT2D eigenvalue weighted by atomic mass is 9.73. The quantitative estimate of drug-likeness (QED) is 0.478. The number of carbonyl (C=O) groups is 1. The number of amides is 1. The number of nitrogens with two attached hydrogens (primary N) is 1. The normalized spacial score (nSPS) is 20.7. The maximum absolute atomic E-state index is 11.1. The third-order valence-corrected chi connectivity index (χ3v) is 5.77. The van der Waals surface area contributed by atoms with Crippen molar-refractivity contribution < 1.29 is 13.9 Å². The van der Waals surface area contributed by atoms with Gasteiger partial charge in [0.2, 0.25) is 0 Å². The molecule has 1 aromatic rings. The first-order chi connectivity index (χ1) is 13.6. The molecule has 4 N–H and O–H groups in total. The van der Waals surface area contributed by atoms with Crippen molar-refractivity contribution in [2.45, 2.75) is 38.6 Å². The van der Waals surface area contributed by atoms with Gasteiger partial charge >= 0.3 is 0 Å². The van der Waals surface area contributed by atoms with Crippen molar-refractivity contribution >= 4 is 11.9 Å². The van der Waals surface area contributed by atoms with Crippen LogP contribution in [0.15, 0.2) is 21.5 Å². The summed E-state index contributed by atoms with van der Waals surface area (Å²) in [5.41, 5.74) is 5.50. The fourth-order valence-electron chi connectivity index (χ4n) is 4.19. The minimum absolute atomic E-state index is 0.173. The van der Waals surface area contributed by atoms with E-state index in [2.05, 4.69) is 20.5 Å². The molecule has 0 spiro atoms. The van der Waals surface area contributed by atoms with Crippen molar-refractivity contribution in [1.82, 2.24) is 15.5 Å². The average Bonchev–Trinajstić information content (AvgIpc) is 3.19. The summed E-state index contributed by atoms with van der Waals surface area (Å²) < 4.78 is 10.9. The Morgan fingerprint density at radius 3 is 2.61 bits per heavy atom. The SMILES string of the molecule is CN=C(NCc1ccc(C(N)=O)o1)NCC1(CN2CCOCC2)CCCCC1. The molecule has 8 nitrogen and oxygen atoms in total. The van der Waals surface area contributed by atoms with Crippen LogP contribution in [0.1, 0.15) is 48.4 Å². The van der Waals surface area contributed by atoms with Gasteiger partial charge in [-0.3, -0.25) is 14.7 Å². The Kier molecular flexibility index (Phi) is 7.33. The summed E-state index contributed by atoms with van der Waals surface area (Å²) in [6, 6.07) is 3.34. The Labute approximate surface area is 166 Å². The molecule has 0 radical (unpaired) electrons. The van der Waals surface area contributed by atoms with Crippen LogP contribution in [-0.2, 0) is 11.3 Å². The molecular formula is C20H33N5O3. The summed E-state index contributed by atoms with van der Waals surface area (Å²) in [7, 11) is 1.77. The van der Waals surface area contributed by atoms with Gasteiger partial charge in [0, 0.05) is 38.6 Å². The van der Waals surface area contributed by atoms with Crippen molar-refractivity contribution in [2.75, 3.05) is 46.4 Å². The van der Waals surface area contributed by atoms with Gasteiger partial charge < -0.3 is 25.5 Å². The predicted molar refractivity (Wildman–Crippen MR) is 108 cm³/mol. The Balaban J connectivity index is 1.53. The van der Waals surface area contributed by atoms with Crippen LogP contribution in [0.2, 0.25) is 0 Å². The maximum atomic E-state index is 11.1. The molecule has 0 bridgehead atoms. The summed E-state index contributed by atoms with van der Waals surface area (Å²) in [6.45, 7) is 6.18. The third kappa shape index (κ3) is 5.72. The zero-order chi connectivity index (χ0) is 19.8. The van der Waals surface area contributed by atoms with Gasteiger partial charge in [0.05, 0.1) is 19.8 Å². The highest BCUT2D eigenvalue weighted by Crippen LogP contribution is 2.36. The lowest BCUT2D eigenvalue weighted by molar-refractivity contribution is 0.00820. The van der Waals surface area contributed by atoms with E-state index >= 15 is 0 Å². The third-order valence-electron chi connectivity index (χ3n) is 5.77. The second kappa shape index (κ2) is 9.93. The number of rotatable bonds is 7. The molecule has 2 heterocycles. The van der Waals surface area contributed by atoms with Crippen LogP contribution in [0.25, 0.3) is 0 Å². The predicted octanol–water partition coefficient (Wildman–Crippen LogP) is 1.33. The Morgan fingerprint density at radius 2 is 1.96 bits per heavy atom. The van der Waals surface area contributed by atoms with Crippen LogP contribution < -0.4 is 16.4 Å². The highest BCUT2D eigenvalue weighted by molar-refractivity contribution is 5.89. The number of hydrogen-bond donors (Lipinski definition) is 3. The fraction of sp³-hybridized carbons (Fsp3) is 0.700. The average molecular weight is 392 g/mol. The Bertz CT molecular complexity index is 661. The van der Waals surface area contributed by atoms with E-state index in [0.29, 0.717) is 12.3 Å². The van der Waals surface area contributed by atoms with Gasteiger partial charge in [0.1, 0.15) is 5.76 Å². The van der Waals surface area contributed by atoms with E-state index in [-0.39, 0.29) is 11.2 Å². The molecule has 1 saturated heterocycles. The zero-order valence-corrected chi connectivity index (χ0v) is 16.8. The summed E-state index contributed by atoms with van der Waals surface area (Å²) in [4.78, 5) is 18.0. The monoisotopic (exact) mass is 391 g/mol. The minimum atomic E-state index is -0.559. The van der Waals surface area contributed by atoms with Gasteiger partial charge in [0.25, 0.3) is 5.91 Å². The molecule has 0 atom stereocenters. The first-order valence-corrected chi connectivity index (χ1v) is 10.2. The number of furan rings is 1. The van der Waals surface area contributed by atoms with Gasteiger partial charge in [-0.25, -0.2) is 0 Å². The summed E-state index contributed by atoms with van der Waals surface area (Å²) in [5, 5.41) is 6.77. The van der Waals surface area contributed by atoms with E-state index in [1.165, 1.54) is 32.1 Å². The topological polar surface area (TPSA) is 105 Å². The standard InChI is InChI=1S/C20H33N5O3/c1-22-19(23-13-16-5-6-17(28-16)18(21)26)24-14-20(7-3-2-4-8-20)15-25-9-11-27-12-10-25/h5-6H,2-4,7-15H2,1H3,(H2,21,26)(H2,22,23,24). The van der Waals surface area contributed by atoms with Gasteiger partial charge in [0.15, 0.2) is 11.7 Å². The first kappa shape index (κ1) is 20.7. The van der Waals surface area contributed by atoms with Crippen LogP contribution in [0.4, 0.5) is 0 Å². The largest absolute Gasteiger partial charge is 0.454 e. The molecule has 1 aliphatic heterocycles. The number of morpholine rings is 1. The highest BCUT2D eigenvalue weighted by atomic mass is 16.5. The van der Waals surface area contributed by atoms with Gasteiger partial charge in [-0.15, -0.1) is 0 Å². The first-order valence-electron chi connectivity index (χ1n) is 10.2. The number of primary amides is 1. The molecule has 2 aliphatic rings. The number of ether oxygens (including phenoxy) is 1. The van der Waals surface area contributed by atoms with Gasteiger partial charge in [-0.2, -0.15) is 0 Å². The van der Waals surface area contributed by atoms with Crippen molar-refractivity contribution in [3.05, 3.63) is 23.7 Å². The van der Waals surface area contributed by atoms with E-state index < -0.39 is 5.91 Å². The number of hydrogen-bond acceptors (Lipinski definition) is 5. The second-order valence-corrected chi connectivity index (χ2v) is 7.86. The van der Waals surface area contributed by atoms with Crippen molar-refractivity contribution in [3.8, 4) is 0 Å². The second-order valence-electron chi connectivity index (χ2n) is 7.86. The van der Waals surface area contributed by atoms with Gasteiger partial charge in [-0.1, -0.05) is 19.3 Å². The molecule has 0 aromatic carbocycles. The van der Waals surface area contributed by atoms with Crippen LogP contribution >= 0.6 is 0 Å². The number of guanidine groups is 1. The molecule has 0 unspecified atom stereocenters.